The smallest absolute Gasteiger partial charge is 0.000740 e. The van der Waals surface area contributed by atoms with Crippen LogP contribution < -0.4 is 0 Å². The molecule has 13 aromatic carbocycles. The highest BCUT2D eigenvalue weighted by molar-refractivity contribution is 6.34. The molecule has 0 N–H and O–H groups in total. The van der Waals surface area contributed by atoms with Crippen LogP contribution in [-0.4, -0.2) is 0 Å². The van der Waals surface area contributed by atoms with E-state index in [9.17, 15) is 0 Å². The molecule has 2 aliphatic carbocycles. The molecule has 0 spiro atoms. The lowest BCUT2D eigenvalue weighted by atomic mass is 9.81. The molecule has 0 unspecified atom stereocenters. The Labute approximate surface area is 407 Å². The monoisotopic (exact) mass is 882 g/mol. The van der Waals surface area contributed by atoms with Gasteiger partial charge in [-0.1, -0.05) is 243 Å². The van der Waals surface area contributed by atoms with Gasteiger partial charge in [-0.2, -0.15) is 0 Å². The largest absolute Gasteiger partial charge is 0.0622 e. The molecular weight excluding hydrogens is 841 g/mol. The molecule has 2 aliphatic rings. The summed E-state index contributed by atoms with van der Waals surface area (Å²) in [6.07, 6.45) is 0. The average Bonchev–Trinajstić information content (AvgIpc) is 3.93. The van der Waals surface area contributed by atoms with Crippen LogP contribution in [0.15, 0.2) is 255 Å². The molecule has 0 aliphatic heterocycles. The van der Waals surface area contributed by atoms with Gasteiger partial charge in [-0.25, -0.2) is 0 Å². The third-order valence-electron chi connectivity index (χ3n) is 15.3. The highest BCUT2D eigenvalue weighted by atomic mass is 14.4. The number of hydrogen-bond donors (Lipinski definition) is 0. The molecule has 0 radical (unpaired) electrons. The normalized spacial score (nSPS) is 12.0. The van der Waals surface area contributed by atoms with E-state index in [4.69, 9.17) is 0 Å². The molecule has 13 aromatic rings. The van der Waals surface area contributed by atoms with E-state index in [2.05, 4.69) is 255 Å². The zero-order valence-corrected chi connectivity index (χ0v) is 38.2. The first kappa shape index (κ1) is 38.9. The van der Waals surface area contributed by atoms with Gasteiger partial charge < -0.3 is 0 Å². The maximum absolute atomic E-state index is 2.56. The maximum atomic E-state index is 2.56. The minimum atomic E-state index is 1.21. The summed E-state index contributed by atoms with van der Waals surface area (Å²) in [5.74, 6) is 0. The molecule has 70 heavy (non-hydrogen) atoms. The van der Waals surface area contributed by atoms with Crippen molar-refractivity contribution in [2.24, 2.45) is 0 Å². The summed E-state index contributed by atoms with van der Waals surface area (Å²) >= 11 is 0. The minimum absolute atomic E-state index is 1.21. The Morgan fingerprint density at radius 1 is 0.143 bits per heavy atom. The second-order valence-electron chi connectivity index (χ2n) is 18.9. The van der Waals surface area contributed by atoms with Crippen molar-refractivity contribution in [1.82, 2.24) is 0 Å². The molecule has 15 rings (SSSR count). The average molecular weight is 883 g/mol. The van der Waals surface area contributed by atoms with Crippen molar-refractivity contribution in [3.05, 3.63) is 255 Å². The van der Waals surface area contributed by atoms with Crippen molar-refractivity contribution in [2.75, 3.05) is 0 Å². The Kier molecular flexibility index (Phi) is 8.46. The Bertz CT molecular complexity index is 4020. The second-order valence-corrected chi connectivity index (χ2v) is 18.9. The zero-order chi connectivity index (χ0) is 45.9. The van der Waals surface area contributed by atoms with Crippen molar-refractivity contribution in [3.8, 4) is 111 Å². The van der Waals surface area contributed by atoms with E-state index in [1.165, 1.54) is 154 Å². The number of fused-ring (bicyclic) bond motifs is 9. The summed E-state index contributed by atoms with van der Waals surface area (Å²) in [5.41, 5.74) is 25.4. The lowest BCUT2D eigenvalue weighted by Crippen LogP contribution is -1.95. The lowest BCUT2D eigenvalue weighted by Gasteiger charge is -2.22. The Balaban J connectivity index is 1.07. The summed E-state index contributed by atoms with van der Waals surface area (Å²) in [4.78, 5) is 0. The Hall–Kier alpha value is -9.10. The van der Waals surface area contributed by atoms with E-state index in [-0.39, 0.29) is 0 Å². The van der Waals surface area contributed by atoms with Crippen LogP contribution in [0.2, 0.25) is 0 Å². The molecule has 0 atom stereocenters. The van der Waals surface area contributed by atoms with Gasteiger partial charge in [0.2, 0.25) is 0 Å². The predicted molar refractivity (Wildman–Crippen MR) is 298 cm³/mol. The van der Waals surface area contributed by atoms with Gasteiger partial charge in [0.15, 0.2) is 0 Å². The van der Waals surface area contributed by atoms with Crippen molar-refractivity contribution >= 4 is 43.1 Å². The SMILES string of the molecule is c1ccc(-c2ccccc2-c2c3ccccc3c(-c3ccccc3-c3ccccc3)c3cc4c(cc23)-c2ccc3c5c(ccc-4c25)-c2c-3c(-c3ccccc3)c3ccccc3c2-c2ccccc2)cc1. The quantitative estimate of drug-likeness (QED) is 0.146. The molecular formula is C70H42. The van der Waals surface area contributed by atoms with Crippen molar-refractivity contribution in [2.45, 2.75) is 0 Å². The molecule has 0 heterocycles. The fourth-order valence-electron chi connectivity index (χ4n) is 12.5. The Morgan fingerprint density at radius 3 is 0.814 bits per heavy atom. The third kappa shape index (κ3) is 5.53. The Morgan fingerprint density at radius 2 is 0.429 bits per heavy atom. The molecule has 0 amide bonds. The van der Waals surface area contributed by atoms with Crippen LogP contribution in [0.5, 0.6) is 0 Å². The molecule has 0 bridgehead atoms. The first-order valence-corrected chi connectivity index (χ1v) is 24.4. The number of rotatable bonds is 6. The van der Waals surface area contributed by atoms with E-state index in [1.807, 2.05) is 0 Å². The molecule has 0 fully saturated rings. The van der Waals surface area contributed by atoms with Crippen LogP contribution in [0, 0.1) is 0 Å². The number of hydrogen-bond acceptors (Lipinski definition) is 0. The first-order chi connectivity index (χ1) is 34.8. The molecule has 0 nitrogen and oxygen atoms in total. The van der Waals surface area contributed by atoms with E-state index in [1.54, 1.807) is 0 Å². The third-order valence-corrected chi connectivity index (χ3v) is 15.3. The van der Waals surface area contributed by atoms with Crippen molar-refractivity contribution in [3.63, 3.8) is 0 Å². The van der Waals surface area contributed by atoms with Gasteiger partial charge >= 0.3 is 0 Å². The van der Waals surface area contributed by atoms with Crippen LogP contribution >= 0.6 is 0 Å². The van der Waals surface area contributed by atoms with Crippen molar-refractivity contribution < 1.29 is 0 Å². The van der Waals surface area contributed by atoms with E-state index in [0.717, 1.165) is 0 Å². The summed E-state index contributed by atoms with van der Waals surface area (Å²) < 4.78 is 0. The van der Waals surface area contributed by atoms with Crippen LogP contribution in [-0.2, 0) is 0 Å². The number of benzene rings is 13. The summed E-state index contributed by atoms with van der Waals surface area (Å²) in [6, 6.07) is 95.0. The van der Waals surface area contributed by atoms with E-state index in [0.29, 0.717) is 0 Å². The topological polar surface area (TPSA) is 0 Å². The summed E-state index contributed by atoms with van der Waals surface area (Å²) in [7, 11) is 0. The predicted octanol–water partition coefficient (Wildman–Crippen LogP) is 19.6. The summed E-state index contributed by atoms with van der Waals surface area (Å²) in [6.45, 7) is 0. The van der Waals surface area contributed by atoms with Gasteiger partial charge in [-0.05, 0) is 166 Å². The molecule has 0 heteroatoms. The fraction of sp³-hybridized carbons (Fsp3) is 0. The van der Waals surface area contributed by atoms with Crippen LogP contribution in [0.25, 0.3) is 154 Å². The lowest BCUT2D eigenvalue weighted by molar-refractivity contribution is 1.60. The minimum Gasteiger partial charge on any atom is -0.0622 e. The van der Waals surface area contributed by atoms with Gasteiger partial charge in [0.05, 0.1) is 0 Å². The second kappa shape index (κ2) is 15.2. The first-order valence-electron chi connectivity index (χ1n) is 24.4. The van der Waals surface area contributed by atoms with Crippen LogP contribution in [0.3, 0.4) is 0 Å². The molecule has 0 saturated carbocycles. The van der Waals surface area contributed by atoms with E-state index < -0.39 is 0 Å². The molecule has 0 saturated heterocycles. The molecule has 322 valence electrons. The zero-order valence-electron chi connectivity index (χ0n) is 38.2. The summed E-state index contributed by atoms with van der Waals surface area (Å²) in [5, 5.41) is 10.3. The highest BCUT2D eigenvalue weighted by Crippen LogP contribution is 2.62. The fourth-order valence-corrected chi connectivity index (χ4v) is 12.5. The van der Waals surface area contributed by atoms with Crippen molar-refractivity contribution in [1.29, 1.82) is 0 Å². The molecule has 0 aromatic heterocycles. The van der Waals surface area contributed by atoms with Crippen LogP contribution in [0.1, 0.15) is 0 Å². The van der Waals surface area contributed by atoms with Gasteiger partial charge in [-0.15, -0.1) is 0 Å². The maximum Gasteiger partial charge on any atom is -0.000740 e. The standard InChI is InChI=1S/C70H42/c1-5-21-43(22-6-1)47-29-13-15-31-49(47)65-53-35-19-20-36-54(53)66(50-32-16-14-30-48(50)44-23-7-2-8-24-44)62-42-60-56-38-40-58-68-57(39-37-55(67(56)68)59(60)41-61(62)65)69-63(45-25-9-3-10-26-45)51-33-17-18-34-52(51)64(70(58)69)46-27-11-4-12-28-46/h1-42H. The van der Waals surface area contributed by atoms with Gasteiger partial charge in [-0.3, -0.25) is 0 Å². The highest BCUT2D eigenvalue weighted by Gasteiger charge is 2.35. The van der Waals surface area contributed by atoms with Gasteiger partial charge in [0.25, 0.3) is 0 Å². The van der Waals surface area contributed by atoms with E-state index >= 15 is 0 Å². The van der Waals surface area contributed by atoms with Gasteiger partial charge in [0.1, 0.15) is 0 Å². The van der Waals surface area contributed by atoms with Crippen LogP contribution in [0.4, 0.5) is 0 Å². The van der Waals surface area contributed by atoms with Gasteiger partial charge in [0, 0.05) is 0 Å².